The first-order valence-corrected chi connectivity index (χ1v) is 9.05. The van der Waals surface area contributed by atoms with E-state index in [4.69, 9.17) is 0 Å². The van der Waals surface area contributed by atoms with E-state index in [1.807, 2.05) is 6.07 Å². The molecule has 0 aromatic carbocycles. The highest BCUT2D eigenvalue weighted by molar-refractivity contribution is 5.93. The van der Waals surface area contributed by atoms with Gasteiger partial charge in [0.1, 0.15) is 12.1 Å². The van der Waals surface area contributed by atoms with Crippen LogP contribution in [0.4, 0.5) is 11.5 Å². The van der Waals surface area contributed by atoms with Gasteiger partial charge in [-0.3, -0.25) is 14.6 Å². The molecule has 3 N–H and O–H groups in total. The van der Waals surface area contributed by atoms with Crippen LogP contribution in [0.5, 0.6) is 0 Å². The third-order valence-electron chi connectivity index (χ3n) is 4.39. The van der Waals surface area contributed by atoms with Gasteiger partial charge in [0, 0.05) is 31.8 Å². The fraction of sp³-hybridized carbons (Fsp3) is 0.368. The van der Waals surface area contributed by atoms with Gasteiger partial charge in [-0.25, -0.2) is 9.97 Å². The summed E-state index contributed by atoms with van der Waals surface area (Å²) < 4.78 is 0. The van der Waals surface area contributed by atoms with Crippen molar-refractivity contribution in [1.29, 1.82) is 5.26 Å². The molecule has 1 atom stereocenters. The van der Waals surface area contributed by atoms with Crippen LogP contribution in [0.3, 0.4) is 0 Å². The van der Waals surface area contributed by atoms with Gasteiger partial charge >= 0.3 is 0 Å². The second-order valence-electron chi connectivity index (χ2n) is 6.89. The summed E-state index contributed by atoms with van der Waals surface area (Å²) in [6.07, 6.45) is 6.21. The van der Waals surface area contributed by atoms with Crippen LogP contribution in [0.25, 0.3) is 11.3 Å². The first-order chi connectivity index (χ1) is 13.9. The maximum absolute atomic E-state index is 12.2. The van der Waals surface area contributed by atoms with Crippen LogP contribution in [0, 0.1) is 17.2 Å². The van der Waals surface area contributed by atoms with E-state index >= 15 is 0 Å². The first kappa shape index (κ1) is 20.2. The second kappa shape index (κ2) is 8.62. The molecular weight excluding hydrogens is 374 g/mol. The minimum Gasteiger partial charge on any atom is -0.394 e. The Morgan fingerprint density at radius 1 is 1.28 bits per heavy atom. The Bertz CT molecular complexity index is 949. The number of anilines is 2. The van der Waals surface area contributed by atoms with Gasteiger partial charge in [-0.2, -0.15) is 5.26 Å². The molecule has 0 spiro atoms. The topological polar surface area (TPSA) is 144 Å². The molecular formula is C19H21N7O3. The Hall–Kier alpha value is -3.58. The predicted molar refractivity (Wildman–Crippen MR) is 105 cm³/mol. The number of hydrogen-bond donors (Lipinski definition) is 3. The molecule has 3 rings (SSSR count). The van der Waals surface area contributed by atoms with E-state index in [1.165, 1.54) is 23.5 Å². The lowest BCUT2D eigenvalue weighted by molar-refractivity contribution is -0.130. The highest BCUT2D eigenvalue weighted by Crippen LogP contribution is 2.30. The van der Waals surface area contributed by atoms with Crippen LogP contribution < -0.4 is 10.6 Å². The van der Waals surface area contributed by atoms with Gasteiger partial charge in [0.05, 0.1) is 30.4 Å². The van der Waals surface area contributed by atoms with E-state index in [1.54, 1.807) is 20.2 Å². The smallest absolute Gasteiger partial charge is 0.246 e. The molecule has 1 aliphatic carbocycles. The summed E-state index contributed by atoms with van der Waals surface area (Å²) in [7, 11) is 3.15. The third kappa shape index (κ3) is 4.83. The van der Waals surface area contributed by atoms with E-state index in [2.05, 4.69) is 25.6 Å². The van der Waals surface area contributed by atoms with E-state index in [-0.39, 0.29) is 23.4 Å². The van der Waals surface area contributed by atoms with E-state index in [0.717, 1.165) is 12.8 Å². The number of likely N-dealkylation sites (N-methyl/N-ethyl adjacent to an activating group) is 1. The largest absolute Gasteiger partial charge is 0.394 e. The van der Waals surface area contributed by atoms with Crippen molar-refractivity contribution in [2.45, 2.75) is 18.9 Å². The van der Waals surface area contributed by atoms with E-state index in [0.29, 0.717) is 22.8 Å². The summed E-state index contributed by atoms with van der Waals surface area (Å²) in [5.74, 6) is 0.0382. The molecule has 0 aliphatic heterocycles. The van der Waals surface area contributed by atoms with Crippen molar-refractivity contribution in [2.75, 3.05) is 31.3 Å². The number of nitrogens with zero attached hydrogens (tertiary/aromatic N) is 5. The molecule has 29 heavy (non-hydrogen) atoms. The van der Waals surface area contributed by atoms with E-state index in [9.17, 15) is 20.0 Å². The van der Waals surface area contributed by atoms with Crippen molar-refractivity contribution in [3.05, 3.63) is 30.4 Å². The van der Waals surface area contributed by atoms with Crippen molar-refractivity contribution in [2.24, 2.45) is 5.92 Å². The number of amides is 2. The summed E-state index contributed by atoms with van der Waals surface area (Å²) in [4.78, 5) is 37.9. The van der Waals surface area contributed by atoms with Crippen molar-refractivity contribution >= 4 is 23.3 Å². The van der Waals surface area contributed by atoms with Gasteiger partial charge < -0.3 is 20.6 Å². The number of aromatic nitrogens is 3. The summed E-state index contributed by atoms with van der Waals surface area (Å²) >= 11 is 0. The summed E-state index contributed by atoms with van der Waals surface area (Å²) in [6.45, 7) is -0.443. The van der Waals surface area contributed by atoms with Gasteiger partial charge in [0.15, 0.2) is 11.5 Å². The van der Waals surface area contributed by atoms with Crippen LogP contribution in [-0.4, -0.2) is 63.5 Å². The number of aliphatic hydroxyl groups excluding tert-OH is 1. The quantitative estimate of drug-likeness (QED) is 0.619. The molecule has 2 heterocycles. The van der Waals surface area contributed by atoms with Crippen molar-refractivity contribution < 1.29 is 14.7 Å². The lowest BCUT2D eigenvalue weighted by atomic mass is 10.1. The molecule has 2 aromatic rings. The lowest BCUT2D eigenvalue weighted by Crippen LogP contribution is -2.41. The summed E-state index contributed by atoms with van der Waals surface area (Å²) in [5.41, 5.74) is 1.43. The first-order valence-electron chi connectivity index (χ1n) is 9.05. The number of pyridine rings is 1. The van der Waals surface area contributed by atoms with Gasteiger partial charge in [-0.1, -0.05) is 0 Å². The molecule has 0 saturated heterocycles. The maximum Gasteiger partial charge on any atom is 0.246 e. The molecule has 1 unspecified atom stereocenters. The normalized spacial score (nSPS) is 13.9. The Morgan fingerprint density at radius 3 is 2.59 bits per heavy atom. The summed E-state index contributed by atoms with van der Waals surface area (Å²) in [6, 6.07) is 2.65. The molecule has 0 radical (unpaired) electrons. The minimum atomic E-state index is -0.916. The Balaban J connectivity index is 1.81. The number of carbonyl (C=O) groups excluding carboxylic acids is 2. The molecule has 2 amide bonds. The van der Waals surface area contributed by atoms with Gasteiger partial charge in [-0.05, 0) is 18.9 Å². The van der Waals surface area contributed by atoms with Crippen LogP contribution in [0.15, 0.2) is 24.7 Å². The van der Waals surface area contributed by atoms with Crippen molar-refractivity contribution in [3.8, 4) is 17.3 Å². The molecule has 10 heteroatoms. The number of hydrogen-bond acceptors (Lipinski definition) is 8. The van der Waals surface area contributed by atoms with Crippen LogP contribution in [0.1, 0.15) is 18.5 Å². The number of carbonyl (C=O) groups is 2. The standard InChI is InChI=1S/C19H21N7O3/c1-26(2)19(29)16(10-27)24-13-5-12(7-21-14(13)6-20)15-8-23-17(9-22-15)25-18(28)11-3-4-11/h5,7-9,11,16,24,27H,3-4,10H2,1-2H3,(H,23,25,28). The SMILES string of the molecule is CN(C)C(=O)C(CO)Nc1cc(-c2cnc(NC(=O)C3CC3)cn2)cnc1C#N. The monoisotopic (exact) mass is 395 g/mol. The fourth-order valence-electron chi connectivity index (χ4n) is 2.60. The summed E-state index contributed by atoms with van der Waals surface area (Å²) in [5, 5.41) is 24.4. The molecule has 1 aliphatic rings. The van der Waals surface area contributed by atoms with Gasteiger partial charge in [-0.15, -0.1) is 0 Å². The van der Waals surface area contributed by atoms with Gasteiger partial charge in [0.25, 0.3) is 0 Å². The van der Waals surface area contributed by atoms with Crippen molar-refractivity contribution in [3.63, 3.8) is 0 Å². The highest BCUT2D eigenvalue weighted by atomic mass is 16.3. The predicted octanol–water partition coefficient (Wildman–Crippen LogP) is 0.620. The average Bonchev–Trinajstić information content (AvgIpc) is 3.57. The molecule has 0 bridgehead atoms. The molecule has 2 aromatic heterocycles. The number of nitrogens with one attached hydrogen (secondary N) is 2. The molecule has 1 fully saturated rings. The average molecular weight is 395 g/mol. The fourth-order valence-corrected chi connectivity index (χ4v) is 2.60. The van der Waals surface area contributed by atoms with Crippen molar-refractivity contribution in [1.82, 2.24) is 19.9 Å². The number of rotatable bonds is 7. The highest BCUT2D eigenvalue weighted by Gasteiger charge is 2.29. The second-order valence-corrected chi connectivity index (χ2v) is 6.89. The third-order valence-corrected chi connectivity index (χ3v) is 4.39. The molecule has 1 saturated carbocycles. The molecule has 150 valence electrons. The van der Waals surface area contributed by atoms with Gasteiger partial charge in [0.2, 0.25) is 11.8 Å². The maximum atomic E-state index is 12.2. The Labute approximate surface area is 167 Å². The number of aliphatic hydroxyl groups is 1. The van der Waals surface area contributed by atoms with Crippen LogP contribution in [0.2, 0.25) is 0 Å². The zero-order valence-electron chi connectivity index (χ0n) is 16.1. The minimum absolute atomic E-state index is 0.0563. The Kier molecular flexibility index (Phi) is 5.99. The Morgan fingerprint density at radius 2 is 2.03 bits per heavy atom. The lowest BCUT2D eigenvalue weighted by Gasteiger charge is -2.21. The van der Waals surface area contributed by atoms with E-state index < -0.39 is 12.6 Å². The molecule has 10 nitrogen and oxygen atoms in total. The van der Waals surface area contributed by atoms with Crippen LogP contribution in [-0.2, 0) is 9.59 Å². The van der Waals surface area contributed by atoms with Crippen LogP contribution >= 0.6 is 0 Å². The number of nitriles is 1. The zero-order chi connectivity index (χ0) is 21.0. The zero-order valence-corrected chi connectivity index (χ0v) is 16.1.